The predicted molar refractivity (Wildman–Crippen MR) is 112 cm³/mol. The van der Waals surface area contributed by atoms with Gasteiger partial charge in [-0.3, -0.25) is 4.79 Å². The number of amides is 1. The van der Waals surface area contributed by atoms with Gasteiger partial charge in [0.15, 0.2) is 6.61 Å². The van der Waals surface area contributed by atoms with Gasteiger partial charge in [-0.25, -0.2) is 4.79 Å². The van der Waals surface area contributed by atoms with E-state index >= 15 is 0 Å². The lowest BCUT2D eigenvalue weighted by Crippen LogP contribution is -2.21. The second-order valence-corrected chi connectivity index (χ2v) is 7.09. The molecule has 0 aliphatic rings. The van der Waals surface area contributed by atoms with Gasteiger partial charge in [0.25, 0.3) is 5.91 Å². The molecule has 1 N–H and O–H groups in total. The lowest BCUT2D eigenvalue weighted by Gasteiger charge is -2.12. The molecule has 0 fully saturated rings. The lowest BCUT2D eigenvalue weighted by molar-refractivity contribution is -0.119. The van der Waals surface area contributed by atoms with E-state index in [1.54, 1.807) is 31.2 Å². The van der Waals surface area contributed by atoms with E-state index < -0.39 is 18.5 Å². The molecule has 1 aromatic heterocycles. The van der Waals surface area contributed by atoms with Gasteiger partial charge in [0.1, 0.15) is 23.7 Å². The van der Waals surface area contributed by atoms with E-state index in [1.807, 2.05) is 39.0 Å². The summed E-state index contributed by atoms with van der Waals surface area (Å²) in [6, 6.07) is 12.4. The highest BCUT2D eigenvalue weighted by atomic mass is 16.5. The standard InChI is InChI=1S/C23H24N2O5/c1-14-9-15(2)11-18(10-14)24-22(26)13-29-23(27)19-7-5-6-8-21(19)28-12-20-16(3)25-30-17(20)4/h5-11H,12-13H2,1-4H3,(H,24,26). The van der Waals surface area contributed by atoms with Crippen molar-refractivity contribution in [3.8, 4) is 5.75 Å². The number of anilines is 1. The van der Waals surface area contributed by atoms with Crippen LogP contribution in [0.3, 0.4) is 0 Å². The Morgan fingerprint density at radius 3 is 2.40 bits per heavy atom. The van der Waals surface area contributed by atoms with E-state index in [9.17, 15) is 9.59 Å². The monoisotopic (exact) mass is 408 g/mol. The first-order valence-electron chi connectivity index (χ1n) is 9.52. The van der Waals surface area contributed by atoms with Crippen molar-refractivity contribution in [1.82, 2.24) is 5.16 Å². The largest absolute Gasteiger partial charge is 0.488 e. The quantitative estimate of drug-likeness (QED) is 0.587. The van der Waals surface area contributed by atoms with Gasteiger partial charge >= 0.3 is 5.97 Å². The maximum atomic E-state index is 12.5. The van der Waals surface area contributed by atoms with Crippen LogP contribution >= 0.6 is 0 Å². The molecular weight excluding hydrogens is 384 g/mol. The fourth-order valence-electron chi connectivity index (χ4n) is 3.07. The summed E-state index contributed by atoms with van der Waals surface area (Å²) in [5.41, 5.74) is 4.53. The molecule has 30 heavy (non-hydrogen) atoms. The van der Waals surface area contributed by atoms with Crippen molar-refractivity contribution in [1.29, 1.82) is 0 Å². The van der Waals surface area contributed by atoms with Gasteiger partial charge in [-0.05, 0) is 63.1 Å². The molecule has 0 aliphatic carbocycles. The SMILES string of the molecule is Cc1cc(C)cc(NC(=O)COC(=O)c2ccccc2OCc2c(C)noc2C)c1. The third-order valence-electron chi connectivity index (χ3n) is 4.50. The first-order valence-corrected chi connectivity index (χ1v) is 9.52. The van der Waals surface area contributed by atoms with Crippen molar-refractivity contribution in [2.24, 2.45) is 0 Å². The number of nitrogens with one attached hydrogen (secondary N) is 1. The first kappa shape index (κ1) is 21.1. The van der Waals surface area contributed by atoms with E-state index in [-0.39, 0.29) is 12.2 Å². The minimum atomic E-state index is -0.639. The van der Waals surface area contributed by atoms with Gasteiger partial charge < -0.3 is 19.3 Å². The average Bonchev–Trinajstić information content (AvgIpc) is 3.01. The Morgan fingerprint density at radius 1 is 1.03 bits per heavy atom. The molecule has 7 nitrogen and oxygen atoms in total. The number of carbonyl (C=O) groups excluding carboxylic acids is 2. The summed E-state index contributed by atoms with van der Waals surface area (Å²) in [5, 5.41) is 6.63. The van der Waals surface area contributed by atoms with Gasteiger partial charge in [0.2, 0.25) is 0 Å². The maximum Gasteiger partial charge on any atom is 0.342 e. The number of aryl methyl sites for hydroxylation is 4. The fraction of sp³-hybridized carbons (Fsp3) is 0.261. The van der Waals surface area contributed by atoms with Crippen molar-refractivity contribution in [3.63, 3.8) is 0 Å². The number of hydrogen-bond acceptors (Lipinski definition) is 6. The highest BCUT2D eigenvalue weighted by Crippen LogP contribution is 2.22. The molecular formula is C23H24N2O5. The summed E-state index contributed by atoms with van der Waals surface area (Å²) in [5.74, 6) is -0.0322. The zero-order chi connectivity index (χ0) is 21.7. The molecule has 0 radical (unpaired) electrons. The van der Waals surface area contributed by atoms with Crippen LogP contribution in [0.15, 0.2) is 47.0 Å². The van der Waals surface area contributed by atoms with Crippen molar-refractivity contribution in [2.75, 3.05) is 11.9 Å². The smallest absolute Gasteiger partial charge is 0.342 e. The second kappa shape index (κ2) is 9.26. The molecule has 3 aromatic rings. The van der Waals surface area contributed by atoms with Gasteiger partial charge in [-0.2, -0.15) is 0 Å². The maximum absolute atomic E-state index is 12.5. The van der Waals surface area contributed by atoms with Crippen molar-refractivity contribution in [2.45, 2.75) is 34.3 Å². The molecule has 1 amide bonds. The molecule has 0 unspecified atom stereocenters. The number of carbonyl (C=O) groups is 2. The van der Waals surface area contributed by atoms with Gasteiger partial charge in [0.05, 0.1) is 11.3 Å². The topological polar surface area (TPSA) is 90.7 Å². The third-order valence-corrected chi connectivity index (χ3v) is 4.50. The molecule has 2 aromatic carbocycles. The highest BCUT2D eigenvalue weighted by Gasteiger charge is 2.17. The summed E-state index contributed by atoms with van der Waals surface area (Å²) in [6.07, 6.45) is 0. The fourth-order valence-corrected chi connectivity index (χ4v) is 3.07. The van der Waals surface area contributed by atoms with Crippen LogP contribution in [-0.2, 0) is 16.1 Å². The normalized spacial score (nSPS) is 10.5. The van der Waals surface area contributed by atoms with E-state index in [2.05, 4.69) is 10.5 Å². The number of nitrogens with zero attached hydrogens (tertiary/aromatic N) is 1. The molecule has 0 saturated heterocycles. The summed E-state index contributed by atoms with van der Waals surface area (Å²) in [7, 11) is 0. The lowest BCUT2D eigenvalue weighted by atomic mass is 10.1. The zero-order valence-corrected chi connectivity index (χ0v) is 17.4. The molecule has 0 aliphatic heterocycles. The summed E-state index contributed by atoms with van der Waals surface area (Å²) < 4.78 is 16.1. The van der Waals surface area contributed by atoms with E-state index in [0.717, 1.165) is 22.4 Å². The second-order valence-electron chi connectivity index (χ2n) is 7.09. The minimum Gasteiger partial charge on any atom is -0.488 e. The van der Waals surface area contributed by atoms with Crippen LogP contribution in [0.5, 0.6) is 5.75 Å². The summed E-state index contributed by atoms with van der Waals surface area (Å²) in [6.45, 7) is 7.32. The Hall–Kier alpha value is -3.61. The van der Waals surface area contributed by atoms with Crippen LogP contribution in [0.25, 0.3) is 0 Å². The molecule has 0 bridgehead atoms. The Morgan fingerprint density at radius 2 is 1.73 bits per heavy atom. The first-order chi connectivity index (χ1) is 14.3. The van der Waals surface area contributed by atoms with E-state index in [1.165, 1.54) is 0 Å². The number of rotatable bonds is 7. The van der Waals surface area contributed by atoms with Gasteiger partial charge in [0, 0.05) is 5.69 Å². The summed E-state index contributed by atoms with van der Waals surface area (Å²) >= 11 is 0. The van der Waals surface area contributed by atoms with Crippen molar-refractivity contribution < 1.29 is 23.6 Å². The summed E-state index contributed by atoms with van der Waals surface area (Å²) in [4.78, 5) is 24.7. The average molecular weight is 408 g/mol. The van der Waals surface area contributed by atoms with E-state index in [0.29, 0.717) is 17.2 Å². The molecule has 156 valence electrons. The molecule has 0 saturated carbocycles. The molecule has 0 atom stereocenters. The highest BCUT2D eigenvalue weighted by molar-refractivity contribution is 5.96. The number of para-hydroxylation sites is 1. The van der Waals surface area contributed by atoms with Crippen molar-refractivity contribution >= 4 is 17.6 Å². The Kier molecular flexibility index (Phi) is 6.51. The third kappa shape index (κ3) is 5.26. The Bertz CT molecular complexity index is 1030. The van der Waals surface area contributed by atoms with Crippen LogP contribution in [0, 0.1) is 27.7 Å². The number of ether oxygens (including phenoxy) is 2. The Labute approximate surface area is 175 Å². The minimum absolute atomic E-state index is 0.207. The van der Waals surface area contributed by atoms with Crippen LogP contribution in [0.1, 0.15) is 38.5 Å². The number of benzene rings is 2. The number of esters is 1. The van der Waals surface area contributed by atoms with Gasteiger partial charge in [-0.1, -0.05) is 23.4 Å². The Balaban J connectivity index is 1.60. The van der Waals surface area contributed by atoms with Crippen molar-refractivity contribution in [3.05, 3.63) is 76.2 Å². The molecule has 7 heteroatoms. The van der Waals surface area contributed by atoms with E-state index in [4.69, 9.17) is 14.0 Å². The van der Waals surface area contributed by atoms with Crippen LogP contribution in [0.4, 0.5) is 5.69 Å². The molecule has 0 spiro atoms. The van der Waals surface area contributed by atoms with Gasteiger partial charge in [-0.15, -0.1) is 0 Å². The van der Waals surface area contributed by atoms with Crippen LogP contribution in [0.2, 0.25) is 0 Å². The van der Waals surface area contributed by atoms with Crippen LogP contribution < -0.4 is 10.1 Å². The molecule has 3 rings (SSSR count). The predicted octanol–water partition coefficient (Wildman–Crippen LogP) is 4.28. The molecule has 1 heterocycles. The number of hydrogen-bond donors (Lipinski definition) is 1. The zero-order valence-electron chi connectivity index (χ0n) is 17.4. The van der Waals surface area contributed by atoms with Crippen LogP contribution in [-0.4, -0.2) is 23.6 Å². The number of aromatic nitrogens is 1.